The summed E-state index contributed by atoms with van der Waals surface area (Å²) >= 11 is 0. The number of cyclic esters (lactones) is 1. The number of carbonyl (C=O) groups is 2. The lowest BCUT2D eigenvalue weighted by atomic mass is 9.91. The van der Waals surface area contributed by atoms with Crippen LogP contribution >= 0.6 is 0 Å². The molecule has 4 atom stereocenters. The van der Waals surface area contributed by atoms with E-state index in [4.69, 9.17) is 19.7 Å². The largest absolute Gasteiger partial charge is 0.462 e. The van der Waals surface area contributed by atoms with Gasteiger partial charge in [-0.1, -0.05) is 43.2 Å². The van der Waals surface area contributed by atoms with Crippen LogP contribution in [0.2, 0.25) is 0 Å². The number of rotatable bonds is 9. The predicted molar refractivity (Wildman–Crippen MR) is 120 cm³/mol. The number of azide groups is 1. The molecule has 0 bridgehead atoms. The van der Waals surface area contributed by atoms with Crippen molar-refractivity contribution in [3.05, 3.63) is 45.8 Å². The number of hydrogen-bond donors (Lipinski definition) is 1. The fourth-order valence-corrected chi connectivity index (χ4v) is 3.51. The van der Waals surface area contributed by atoms with Gasteiger partial charge >= 0.3 is 12.1 Å². The molecule has 2 rings (SSSR count). The van der Waals surface area contributed by atoms with E-state index < -0.39 is 23.8 Å². The maximum Gasteiger partial charge on any atom is 0.408 e. The number of esters is 1. The third kappa shape index (κ3) is 7.73. The van der Waals surface area contributed by atoms with Crippen LogP contribution in [0.1, 0.15) is 65.1 Å². The fourth-order valence-electron chi connectivity index (χ4n) is 3.51. The molecular weight excluding hydrogens is 412 g/mol. The molecule has 0 radical (unpaired) electrons. The lowest BCUT2D eigenvalue weighted by molar-refractivity contribution is -0.146. The molecule has 9 nitrogen and oxygen atoms in total. The van der Waals surface area contributed by atoms with E-state index in [1.54, 1.807) is 0 Å². The maximum atomic E-state index is 12.0. The first-order chi connectivity index (χ1) is 15.0. The molecule has 0 saturated carbocycles. The van der Waals surface area contributed by atoms with E-state index in [1.807, 2.05) is 65.8 Å². The standard InChI is InChI=1S/C23H34N4O5/c1-14(2)18-11-20(31-21(18)28)19(26-27-24)13-30-12-16-8-7-9-17(10-16)15(3)25-22(29)32-23(4,5)6/h7-10,14-15,18-20H,11-13H2,1-6H3,(H,25,29). The molecule has 1 N–H and O–H groups in total. The number of ether oxygens (including phenoxy) is 3. The van der Waals surface area contributed by atoms with Gasteiger partial charge in [0.05, 0.1) is 31.2 Å². The number of nitrogens with zero attached hydrogens (tertiary/aromatic N) is 3. The van der Waals surface area contributed by atoms with E-state index in [2.05, 4.69) is 15.3 Å². The van der Waals surface area contributed by atoms with Gasteiger partial charge in [-0.2, -0.15) is 0 Å². The van der Waals surface area contributed by atoms with Gasteiger partial charge in [0.15, 0.2) is 0 Å². The van der Waals surface area contributed by atoms with Gasteiger partial charge in [0.25, 0.3) is 0 Å². The van der Waals surface area contributed by atoms with Crippen molar-refractivity contribution in [3.8, 4) is 0 Å². The zero-order valence-corrected chi connectivity index (χ0v) is 19.7. The fraction of sp³-hybridized carbons (Fsp3) is 0.652. The highest BCUT2D eigenvalue weighted by Gasteiger charge is 2.40. The molecule has 1 aliphatic heterocycles. The van der Waals surface area contributed by atoms with Crippen LogP contribution in [0.3, 0.4) is 0 Å². The Morgan fingerprint density at radius 1 is 1.34 bits per heavy atom. The Hall–Kier alpha value is -2.77. The topological polar surface area (TPSA) is 123 Å². The van der Waals surface area contributed by atoms with Gasteiger partial charge in [0.1, 0.15) is 11.7 Å². The number of amides is 1. The maximum absolute atomic E-state index is 12.0. The summed E-state index contributed by atoms with van der Waals surface area (Å²) in [5, 5.41) is 6.61. The van der Waals surface area contributed by atoms with Crippen molar-refractivity contribution in [1.82, 2.24) is 5.32 Å². The van der Waals surface area contributed by atoms with Crippen LogP contribution < -0.4 is 5.32 Å². The lowest BCUT2D eigenvalue weighted by Crippen LogP contribution is -2.34. The summed E-state index contributed by atoms with van der Waals surface area (Å²) in [6.45, 7) is 11.7. The Morgan fingerprint density at radius 3 is 2.66 bits per heavy atom. The minimum absolute atomic E-state index is 0.142. The number of carbonyl (C=O) groups excluding carboxylic acids is 2. The molecule has 0 aliphatic carbocycles. The van der Waals surface area contributed by atoms with Crippen LogP contribution in [-0.2, 0) is 25.6 Å². The summed E-state index contributed by atoms with van der Waals surface area (Å²) < 4.78 is 16.5. The molecule has 1 fully saturated rings. The van der Waals surface area contributed by atoms with Crippen molar-refractivity contribution >= 4 is 12.1 Å². The summed E-state index contributed by atoms with van der Waals surface area (Å²) in [4.78, 5) is 27.0. The minimum atomic E-state index is -0.580. The predicted octanol–water partition coefficient (Wildman–Crippen LogP) is 5.06. The molecule has 1 aliphatic rings. The van der Waals surface area contributed by atoms with Crippen LogP contribution in [0.25, 0.3) is 10.4 Å². The van der Waals surface area contributed by atoms with Crippen molar-refractivity contribution in [2.75, 3.05) is 6.61 Å². The van der Waals surface area contributed by atoms with Gasteiger partial charge in [-0.05, 0) is 56.7 Å². The second kappa shape index (κ2) is 11.2. The second-order valence-electron chi connectivity index (χ2n) is 9.46. The van der Waals surface area contributed by atoms with E-state index >= 15 is 0 Å². The molecule has 1 aromatic rings. The summed E-state index contributed by atoms with van der Waals surface area (Å²) in [6.07, 6.45) is -0.433. The van der Waals surface area contributed by atoms with E-state index in [0.29, 0.717) is 13.0 Å². The number of nitrogens with one attached hydrogen (secondary N) is 1. The summed E-state index contributed by atoms with van der Waals surface area (Å²) in [6, 6.07) is 6.83. The second-order valence-corrected chi connectivity index (χ2v) is 9.46. The molecule has 1 heterocycles. The van der Waals surface area contributed by atoms with Crippen molar-refractivity contribution in [3.63, 3.8) is 0 Å². The Labute approximate surface area is 189 Å². The Kier molecular flexibility index (Phi) is 8.92. The molecule has 176 valence electrons. The molecular formula is C23H34N4O5. The van der Waals surface area contributed by atoms with E-state index in [0.717, 1.165) is 11.1 Å². The van der Waals surface area contributed by atoms with Crippen LogP contribution in [-0.4, -0.2) is 36.4 Å². The van der Waals surface area contributed by atoms with Crippen LogP contribution in [0, 0.1) is 11.8 Å². The molecule has 32 heavy (non-hydrogen) atoms. The molecule has 4 unspecified atom stereocenters. The third-order valence-electron chi connectivity index (χ3n) is 5.23. The molecule has 1 saturated heterocycles. The SMILES string of the molecule is CC(NC(=O)OC(C)(C)C)c1cccc(COCC(N=[N+]=[N-])C2CC(C(C)C)C(=O)O2)c1. The first-order valence-corrected chi connectivity index (χ1v) is 10.9. The highest BCUT2D eigenvalue weighted by Crippen LogP contribution is 2.30. The summed E-state index contributed by atoms with van der Waals surface area (Å²) in [7, 11) is 0. The summed E-state index contributed by atoms with van der Waals surface area (Å²) in [5.41, 5.74) is 10.2. The first kappa shape index (κ1) is 25.5. The summed E-state index contributed by atoms with van der Waals surface area (Å²) in [5.74, 6) is -0.270. The molecule has 1 amide bonds. The normalized spacial score (nSPS) is 20.3. The Bertz CT molecular complexity index is 845. The van der Waals surface area contributed by atoms with Gasteiger partial charge in [-0.15, -0.1) is 0 Å². The van der Waals surface area contributed by atoms with Crippen LogP contribution in [0.15, 0.2) is 29.4 Å². The van der Waals surface area contributed by atoms with Crippen molar-refractivity contribution in [2.45, 2.75) is 78.4 Å². The number of alkyl carbamates (subject to hydrolysis) is 1. The van der Waals surface area contributed by atoms with Crippen molar-refractivity contribution in [2.24, 2.45) is 17.0 Å². The van der Waals surface area contributed by atoms with Gasteiger partial charge in [-0.25, -0.2) is 4.79 Å². The van der Waals surface area contributed by atoms with Gasteiger partial charge < -0.3 is 19.5 Å². The van der Waals surface area contributed by atoms with Crippen molar-refractivity contribution < 1.29 is 23.8 Å². The molecule has 9 heteroatoms. The van der Waals surface area contributed by atoms with Crippen LogP contribution in [0.4, 0.5) is 4.79 Å². The Balaban J connectivity index is 1.92. The average Bonchev–Trinajstić information content (AvgIpc) is 3.08. The number of benzene rings is 1. The van der Waals surface area contributed by atoms with Gasteiger partial charge in [-0.3, -0.25) is 4.79 Å². The zero-order chi connectivity index (χ0) is 23.9. The molecule has 1 aromatic carbocycles. The molecule has 0 aromatic heterocycles. The minimum Gasteiger partial charge on any atom is -0.462 e. The van der Waals surface area contributed by atoms with Gasteiger partial charge in [0, 0.05) is 4.91 Å². The zero-order valence-electron chi connectivity index (χ0n) is 19.7. The molecule has 0 spiro atoms. The lowest BCUT2D eigenvalue weighted by Gasteiger charge is -2.22. The van der Waals surface area contributed by atoms with Crippen molar-refractivity contribution in [1.29, 1.82) is 0 Å². The third-order valence-corrected chi connectivity index (χ3v) is 5.23. The quantitative estimate of drug-likeness (QED) is 0.246. The average molecular weight is 447 g/mol. The highest BCUT2D eigenvalue weighted by molar-refractivity contribution is 5.75. The van der Waals surface area contributed by atoms with Crippen LogP contribution in [0.5, 0.6) is 0 Å². The highest BCUT2D eigenvalue weighted by atomic mass is 16.6. The monoisotopic (exact) mass is 446 g/mol. The van der Waals surface area contributed by atoms with E-state index in [1.165, 1.54) is 0 Å². The smallest absolute Gasteiger partial charge is 0.408 e. The van der Waals surface area contributed by atoms with E-state index in [9.17, 15) is 9.59 Å². The van der Waals surface area contributed by atoms with Gasteiger partial charge in [0.2, 0.25) is 0 Å². The first-order valence-electron chi connectivity index (χ1n) is 10.9. The number of hydrogen-bond acceptors (Lipinski definition) is 6. The Morgan fingerprint density at radius 2 is 2.06 bits per heavy atom. The van der Waals surface area contributed by atoms with E-state index in [-0.39, 0.29) is 30.5 Å².